The van der Waals surface area contributed by atoms with Crippen molar-refractivity contribution in [3.63, 3.8) is 0 Å². The van der Waals surface area contributed by atoms with E-state index in [1.165, 1.54) is 0 Å². The summed E-state index contributed by atoms with van der Waals surface area (Å²) >= 11 is 8.43. The Morgan fingerprint density at radius 2 is 2.28 bits per heavy atom. The lowest BCUT2D eigenvalue weighted by molar-refractivity contribution is 0.0769. The van der Waals surface area contributed by atoms with E-state index in [0.717, 1.165) is 35.0 Å². The summed E-state index contributed by atoms with van der Waals surface area (Å²) in [6.07, 6.45) is 1.83. The van der Waals surface area contributed by atoms with Crippen LogP contribution in [0.15, 0.2) is 22.7 Å². The Hall–Kier alpha value is -0.940. The maximum atomic E-state index is 12.5. The van der Waals surface area contributed by atoms with E-state index < -0.39 is 0 Å². The summed E-state index contributed by atoms with van der Waals surface area (Å²) in [5.74, 6) is 0.0234. The van der Waals surface area contributed by atoms with Crippen LogP contribution in [0.4, 0.5) is 0 Å². The number of aryl methyl sites for hydroxylation is 1. The second-order valence-corrected chi connectivity index (χ2v) is 5.91. The number of hydrogen-bond acceptors (Lipinski definition) is 2. The van der Waals surface area contributed by atoms with Crippen molar-refractivity contribution in [2.24, 2.45) is 5.73 Å². The van der Waals surface area contributed by atoms with E-state index in [9.17, 15) is 4.79 Å². The van der Waals surface area contributed by atoms with E-state index in [2.05, 4.69) is 15.9 Å². The molecule has 18 heavy (non-hydrogen) atoms. The molecule has 1 unspecified atom stereocenters. The Labute approximate surface area is 120 Å². The van der Waals surface area contributed by atoms with Crippen LogP contribution in [-0.4, -0.2) is 28.4 Å². The molecule has 1 aliphatic rings. The molecule has 1 atom stereocenters. The van der Waals surface area contributed by atoms with Crippen LogP contribution in [0.2, 0.25) is 0 Å². The number of hydrogen-bond donors (Lipinski definition) is 1. The lowest BCUT2D eigenvalue weighted by Gasteiger charge is -2.24. The molecule has 0 bridgehead atoms. The van der Waals surface area contributed by atoms with Crippen molar-refractivity contribution < 1.29 is 4.79 Å². The summed E-state index contributed by atoms with van der Waals surface area (Å²) in [5, 5.41) is 0. The smallest absolute Gasteiger partial charge is 0.254 e. The summed E-state index contributed by atoms with van der Waals surface area (Å²) in [4.78, 5) is 14.7. The minimum absolute atomic E-state index is 0.0234. The van der Waals surface area contributed by atoms with E-state index in [4.69, 9.17) is 18.0 Å². The summed E-state index contributed by atoms with van der Waals surface area (Å²) in [6.45, 7) is 2.67. The number of carbonyl (C=O) groups excluding carboxylic acids is 1. The molecule has 3 nitrogen and oxygen atoms in total. The van der Waals surface area contributed by atoms with Crippen molar-refractivity contribution >= 4 is 39.0 Å². The van der Waals surface area contributed by atoms with Crippen molar-refractivity contribution in [3.8, 4) is 0 Å². The highest BCUT2D eigenvalue weighted by atomic mass is 79.9. The molecule has 1 fully saturated rings. The number of nitrogens with zero attached hydrogens (tertiary/aromatic N) is 1. The molecule has 2 rings (SSSR count). The fourth-order valence-corrected chi connectivity index (χ4v) is 3.05. The number of rotatable bonds is 2. The molecule has 2 N–H and O–H groups in total. The maximum absolute atomic E-state index is 12.5. The number of thiocarbonyl (C=S) groups is 1. The van der Waals surface area contributed by atoms with Gasteiger partial charge in [0.05, 0.1) is 11.0 Å². The minimum atomic E-state index is -0.0875. The fourth-order valence-electron chi connectivity index (χ4n) is 2.33. The van der Waals surface area contributed by atoms with Crippen molar-refractivity contribution in [3.05, 3.63) is 33.8 Å². The first-order chi connectivity index (χ1) is 8.50. The Bertz CT molecular complexity index is 504. The van der Waals surface area contributed by atoms with E-state index in [1.807, 2.05) is 25.1 Å². The molecule has 1 heterocycles. The lowest BCUT2D eigenvalue weighted by atomic mass is 10.1. The van der Waals surface area contributed by atoms with Crippen LogP contribution < -0.4 is 5.73 Å². The SMILES string of the molecule is Cc1cc(Br)ccc1C(=O)N1CCCC1C(N)=S. The molecule has 96 valence electrons. The largest absolute Gasteiger partial charge is 0.392 e. The first-order valence-electron chi connectivity index (χ1n) is 5.87. The monoisotopic (exact) mass is 326 g/mol. The Kier molecular flexibility index (Phi) is 4.02. The van der Waals surface area contributed by atoms with Gasteiger partial charge in [0.15, 0.2) is 0 Å². The van der Waals surface area contributed by atoms with Gasteiger partial charge in [-0.05, 0) is 43.5 Å². The summed E-state index contributed by atoms with van der Waals surface area (Å²) < 4.78 is 0.976. The van der Waals surface area contributed by atoms with E-state index in [0.29, 0.717) is 4.99 Å². The van der Waals surface area contributed by atoms with Crippen molar-refractivity contribution in [2.75, 3.05) is 6.54 Å². The zero-order valence-electron chi connectivity index (χ0n) is 10.1. The van der Waals surface area contributed by atoms with E-state index in [-0.39, 0.29) is 11.9 Å². The minimum Gasteiger partial charge on any atom is -0.392 e. The number of likely N-dealkylation sites (tertiary alicyclic amines) is 1. The van der Waals surface area contributed by atoms with Gasteiger partial charge in [-0.2, -0.15) is 0 Å². The van der Waals surface area contributed by atoms with Gasteiger partial charge in [0.2, 0.25) is 0 Å². The van der Waals surface area contributed by atoms with Gasteiger partial charge in [-0.3, -0.25) is 4.79 Å². The first kappa shape index (κ1) is 13.5. The molecule has 0 radical (unpaired) electrons. The fraction of sp³-hybridized carbons (Fsp3) is 0.385. The molecular formula is C13H15BrN2OS. The Morgan fingerprint density at radius 3 is 2.89 bits per heavy atom. The predicted octanol–water partition coefficient (Wildman–Crippen LogP) is 2.65. The van der Waals surface area contributed by atoms with Crippen LogP contribution in [0.25, 0.3) is 0 Å². The van der Waals surface area contributed by atoms with Gasteiger partial charge in [0.1, 0.15) is 0 Å². The lowest BCUT2D eigenvalue weighted by Crippen LogP contribution is -2.43. The third-order valence-corrected chi connectivity index (χ3v) is 4.03. The number of carbonyl (C=O) groups is 1. The molecule has 0 aromatic heterocycles. The third kappa shape index (κ3) is 2.57. The van der Waals surface area contributed by atoms with Gasteiger partial charge in [0, 0.05) is 16.6 Å². The number of halogens is 1. The second kappa shape index (κ2) is 5.36. The zero-order chi connectivity index (χ0) is 13.3. The molecule has 0 spiro atoms. The summed E-state index contributed by atoms with van der Waals surface area (Å²) in [6, 6.07) is 5.58. The summed E-state index contributed by atoms with van der Waals surface area (Å²) in [7, 11) is 0. The molecule has 5 heteroatoms. The standard InChI is InChI=1S/C13H15BrN2OS/c1-8-7-9(14)4-5-10(8)13(17)16-6-2-3-11(16)12(15)18/h4-5,7,11H,2-3,6H2,1H3,(H2,15,18). The van der Waals surface area contributed by atoms with Crippen LogP contribution in [-0.2, 0) is 0 Å². The molecule has 1 aromatic rings. The maximum Gasteiger partial charge on any atom is 0.254 e. The van der Waals surface area contributed by atoms with Crippen LogP contribution in [0.5, 0.6) is 0 Å². The average molecular weight is 327 g/mol. The third-order valence-electron chi connectivity index (χ3n) is 3.26. The van der Waals surface area contributed by atoms with Crippen molar-refractivity contribution in [2.45, 2.75) is 25.8 Å². The number of amides is 1. The zero-order valence-corrected chi connectivity index (χ0v) is 12.6. The van der Waals surface area contributed by atoms with Gasteiger partial charge >= 0.3 is 0 Å². The van der Waals surface area contributed by atoms with Crippen LogP contribution in [0.1, 0.15) is 28.8 Å². The van der Waals surface area contributed by atoms with Gasteiger partial charge in [-0.15, -0.1) is 0 Å². The topological polar surface area (TPSA) is 46.3 Å². The molecular weight excluding hydrogens is 312 g/mol. The second-order valence-electron chi connectivity index (χ2n) is 4.52. The number of nitrogens with two attached hydrogens (primary N) is 1. The highest BCUT2D eigenvalue weighted by Crippen LogP contribution is 2.23. The Balaban J connectivity index is 2.28. The average Bonchev–Trinajstić information content (AvgIpc) is 2.77. The predicted molar refractivity (Wildman–Crippen MR) is 79.7 cm³/mol. The van der Waals surface area contributed by atoms with Crippen LogP contribution in [0, 0.1) is 6.92 Å². The van der Waals surface area contributed by atoms with Gasteiger partial charge in [0.25, 0.3) is 5.91 Å². The van der Waals surface area contributed by atoms with E-state index in [1.54, 1.807) is 4.90 Å². The highest BCUT2D eigenvalue weighted by molar-refractivity contribution is 9.10. The van der Waals surface area contributed by atoms with E-state index >= 15 is 0 Å². The van der Waals surface area contributed by atoms with Gasteiger partial charge in [-0.1, -0.05) is 28.1 Å². The molecule has 1 saturated heterocycles. The van der Waals surface area contributed by atoms with Crippen LogP contribution >= 0.6 is 28.1 Å². The number of benzene rings is 1. The van der Waals surface area contributed by atoms with Gasteiger partial charge < -0.3 is 10.6 Å². The van der Waals surface area contributed by atoms with Crippen molar-refractivity contribution in [1.29, 1.82) is 0 Å². The quantitative estimate of drug-likeness (QED) is 0.850. The summed E-state index contributed by atoms with van der Waals surface area (Å²) in [5.41, 5.74) is 7.38. The van der Waals surface area contributed by atoms with Crippen LogP contribution in [0.3, 0.4) is 0 Å². The molecule has 1 aromatic carbocycles. The molecule has 1 amide bonds. The highest BCUT2D eigenvalue weighted by Gasteiger charge is 2.31. The molecule has 1 aliphatic heterocycles. The molecule has 0 saturated carbocycles. The first-order valence-corrected chi connectivity index (χ1v) is 7.07. The van der Waals surface area contributed by atoms with Crippen molar-refractivity contribution in [1.82, 2.24) is 4.90 Å². The normalized spacial score (nSPS) is 19.0. The molecule has 0 aliphatic carbocycles. The van der Waals surface area contributed by atoms with Gasteiger partial charge in [-0.25, -0.2) is 0 Å². The Morgan fingerprint density at radius 1 is 1.56 bits per heavy atom.